The van der Waals surface area contributed by atoms with Gasteiger partial charge < -0.3 is 10.6 Å². The van der Waals surface area contributed by atoms with Crippen molar-refractivity contribution < 1.29 is 4.79 Å². The zero-order valence-corrected chi connectivity index (χ0v) is 10.8. The summed E-state index contributed by atoms with van der Waals surface area (Å²) in [4.78, 5) is 12.2. The summed E-state index contributed by atoms with van der Waals surface area (Å²) in [6.45, 7) is 0.884. The molecular formula is C15H20N2O. The van der Waals surface area contributed by atoms with Crippen molar-refractivity contribution in [2.24, 2.45) is 0 Å². The summed E-state index contributed by atoms with van der Waals surface area (Å²) in [7, 11) is 1.92. The smallest absolute Gasteiger partial charge is 0.251 e. The van der Waals surface area contributed by atoms with Crippen LogP contribution >= 0.6 is 0 Å². The summed E-state index contributed by atoms with van der Waals surface area (Å²) in [5.74, 6) is 0.0513. The van der Waals surface area contributed by atoms with Crippen LogP contribution in [0.4, 0.5) is 0 Å². The van der Waals surface area contributed by atoms with Crippen LogP contribution in [0.25, 0.3) is 0 Å². The molecule has 1 aromatic rings. The second-order valence-corrected chi connectivity index (χ2v) is 4.62. The standard InChI is InChI=1S/C15H20N2O/c1-16-11-10-12-6-2-5-9-14(12)15(18)17-13-7-3-4-8-13/h2-6,9,13,16H,7-8,10-11H2,1H3,(H,17,18). The predicted molar refractivity (Wildman–Crippen MR) is 73.7 cm³/mol. The summed E-state index contributed by atoms with van der Waals surface area (Å²) in [5.41, 5.74) is 1.91. The van der Waals surface area contributed by atoms with E-state index in [1.807, 2.05) is 31.3 Å². The average molecular weight is 244 g/mol. The van der Waals surface area contributed by atoms with E-state index >= 15 is 0 Å². The Labute approximate surface area is 108 Å². The van der Waals surface area contributed by atoms with Crippen molar-refractivity contribution >= 4 is 5.91 Å². The SMILES string of the molecule is CNCCc1ccccc1C(=O)NC1CC=CC1. The minimum atomic E-state index is 0.0513. The normalized spacial score (nSPS) is 14.9. The van der Waals surface area contributed by atoms with Crippen molar-refractivity contribution in [3.8, 4) is 0 Å². The first-order chi connectivity index (χ1) is 8.81. The third kappa shape index (κ3) is 3.20. The second kappa shape index (κ2) is 6.36. The molecule has 0 saturated carbocycles. The molecule has 18 heavy (non-hydrogen) atoms. The monoisotopic (exact) mass is 244 g/mol. The van der Waals surface area contributed by atoms with E-state index in [-0.39, 0.29) is 11.9 Å². The lowest BCUT2D eigenvalue weighted by atomic mass is 10.0. The zero-order chi connectivity index (χ0) is 12.8. The van der Waals surface area contributed by atoms with E-state index in [4.69, 9.17) is 0 Å². The summed E-state index contributed by atoms with van der Waals surface area (Å²) < 4.78 is 0. The second-order valence-electron chi connectivity index (χ2n) is 4.62. The fourth-order valence-corrected chi connectivity index (χ4v) is 2.22. The Morgan fingerprint density at radius 3 is 2.72 bits per heavy atom. The van der Waals surface area contributed by atoms with E-state index in [9.17, 15) is 4.79 Å². The van der Waals surface area contributed by atoms with E-state index < -0.39 is 0 Å². The van der Waals surface area contributed by atoms with Gasteiger partial charge in [0.1, 0.15) is 0 Å². The molecule has 1 amide bonds. The van der Waals surface area contributed by atoms with Gasteiger partial charge in [-0.25, -0.2) is 0 Å². The molecule has 2 N–H and O–H groups in total. The summed E-state index contributed by atoms with van der Waals surface area (Å²) >= 11 is 0. The van der Waals surface area contributed by atoms with Gasteiger partial charge in [-0.1, -0.05) is 30.4 Å². The van der Waals surface area contributed by atoms with Crippen LogP contribution in [-0.4, -0.2) is 25.5 Å². The summed E-state index contributed by atoms with van der Waals surface area (Å²) in [6.07, 6.45) is 7.02. The molecule has 1 aliphatic carbocycles. The number of carbonyl (C=O) groups excluding carboxylic acids is 1. The first-order valence-corrected chi connectivity index (χ1v) is 6.49. The topological polar surface area (TPSA) is 41.1 Å². The first-order valence-electron chi connectivity index (χ1n) is 6.49. The molecule has 3 heteroatoms. The van der Waals surface area contributed by atoms with Gasteiger partial charge in [0.15, 0.2) is 0 Å². The van der Waals surface area contributed by atoms with Crippen LogP contribution in [0.1, 0.15) is 28.8 Å². The predicted octanol–water partition coefficient (Wildman–Crippen LogP) is 1.90. The van der Waals surface area contributed by atoms with E-state index in [0.29, 0.717) is 0 Å². The molecule has 96 valence electrons. The fraction of sp³-hybridized carbons (Fsp3) is 0.400. The lowest BCUT2D eigenvalue weighted by molar-refractivity contribution is 0.0938. The Hall–Kier alpha value is -1.61. The Morgan fingerprint density at radius 2 is 2.00 bits per heavy atom. The largest absolute Gasteiger partial charge is 0.349 e. The molecule has 0 fully saturated rings. The van der Waals surface area contributed by atoms with Gasteiger partial charge in [-0.05, 0) is 44.5 Å². The molecule has 0 aliphatic heterocycles. The van der Waals surface area contributed by atoms with Crippen LogP contribution in [0.5, 0.6) is 0 Å². The highest BCUT2D eigenvalue weighted by atomic mass is 16.1. The lowest BCUT2D eigenvalue weighted by Gasteiger charge is -2.14. The van der Waals surface area contributed by atoms with Crippen molar-refractivity contribution in [2.45, 2.75) is 25.3 Å². The number of likely N-dealkylation sites (N-methyl/N-ethyl adjacent to an activating group) is 1. The van der Waals surface area contributed by atoms with Gasteiger partial charge in [0, 0.05) is 11.6 Å². The maximum absolute atomic E-state index is 12.2. The van der Waals surface area contributed by atoms with Gasteiger partial charge in [-0.15, -0.1) is 0 Å². The zero-order valence-electron chi connectivity index (χ0n) is 10.8. The molecule has 3 nitrogen and oxygen atoms in total. The van der Waals surface area contributed by atoms with Crippen molar-refractivity contribution in [2.75, 3.05) is 13.6 Å². The lowest BCUT2D eigenvalue weighted by Crippen LogP contribution is -2.33. The Kier molecular flexibility index (Phi) is 4.53. The third-order valence-electron chi connectivity index (χ3n) is 3.25. The molecule has 0 bridgehead atoms. The maximum atomic E-state index is 12.2. The molecular weight excluding hydrogens is 224 g/mol. The number of amides is 1. The highest BCUT2D eigenvalue weighted by Crippen LogP contribution is 2.13. The number of hydrogen-bond donors (Lipinski definition) is 2. The van der Waals surface area contributed by atoms with Crippen molar-refractivity contribution in [3.63, 3.8) is 0 Å². The van der Waals surface area contributed by atoms with Gasteiger partial charge in [0.2, 0.25) is 0 Å². The maximum Gasteiger partial charge on any atom is 0.251 e. The van der Waals surface area contributed by atoms with E-state index in [2.05, 4.69) is 22.8 Å². The van der Waals surface area contributed by atoms with E-state index in [1.165, 1.54) is 0 Å². The number of nitrogens with one attached hydrogen (secondary N) is 2. The van der Waals surface area contributed by atoms with Crippen molar-refractivity contribution in [1.82, 2.24) is 10.6 Å². The van der Waals surface area contributed by atoms with E-state index in [0.717, 1.165) is 36.9 Å². The molecule has 1 aliphatic rings. The van der Waals surface area contributed by atoms with Crippen LogP contribution in [-0.2, 0) is 6.42 Å². The number of carbonyl (C=O) groups is 1. The van der Waals surface area contributed by atoms with Crippen molar-refractivity contribution in [3.05, 3.63) is 47.5 Å². The van der Waals surface area contributed by atoms with Crippen LogP contribution in [0.15, 0.2) is 36.4 Å². The molecule has 0 saturated heterocycles. The fourth-order valence-electron chi connectivity index (χ4n) is 2.22. The average Bonchev–Trinajstić information content (AvgIpc) is 2.89. The van der Waals surface area contributed by atoms with Crippen LogP contribution in [0, 0.1) is 0 Å². The Balaban J connectivity index is 2.03. The molecule has 0 spiro atoms. The minimum absolute atomic E-state index is 0.0513. The van der Waals surface area contributed by atoms with E-state index in [1.54, 1.807) is 0 Å². The van der Waals surface area contributed by atoms with Crippen LogP contribution < -0.4 is 10.6 Å². The molecule has 2 rings (SSSR count). The molecule has 0 atom stereocenters. The third-order valence-corrected chi connectivity index (χ3v) is 3.25. The summed E-state index contributed by atoms with van der Waals surface area (Å²) in [6, 6.07) is 8.11. The van der Waals surface area contributed by atoms with Crippen LogP contribution in [0.3, 0.4) is 0 Å². The first kappa shape index (κ1) is 12.8. The molecule has 0 heterocycles. The number of rotatable bonds is 5. The van der Waals surface area contributed by atoms with Gasteiger partial charge in [0.25, 0.3) is 5.91 Å². The molecule has 0 unspecified atom stereocenters. The highest BCUT2D eigenvalue weighted by Gasteiger charge is 2.16. The van der Waals surface area contributed by atoms with Gasteiger partial charge >= 0.3 is 0 Å². The molecule has 0 radical (unpaired) electrons. The molecule has 1 aromatic carbocycles. The minimum Gasteiger partial charge on any atom is -0.349 e. The van der Waals surface area contributed by atoms with Crippen molar-refractivity contribution in [1.29, 1.82) is 0 Å². The van der Waals surface area contributed by atoms with Gasteiger partial charge in [0.05, 0.1) is 0 Å². The van der Waals surface area contributed by atoms with Gasteiger partial charge in [-0.3, -0.25) is 4.79 Å². The van der Waals surface area contributed by atoms with Crippen LogP contribution in [0.2, 0.25) is 0 Å². The molecule has 0 aromatic heterocycles. The van der Waals surface area contributed by atoms with Gasteiger partial charge in [-0.2, -0.15) is 0 Å². The Morgan fingerprint density at radius 1 is 1.28 bits per heavy atom. The number of benzene rings is 1. The summed E-state index contributed by atoms with van der Waals surface area (Å²) in [5, 5.41) is 6.20. The highest BCUT2D eigenvalue weighted by molar-refractivity contribution is 5.95. The quantitative estimate of drug-likeness (QED) is 0.777. The Bertz CT molecular complexity index is 432. The number of hydrogen-bond acceptors (Lipinski definition) is 2.